The zero-order chi connectivity index (χ0) is 22.9. The van der Waals surface area contributed by atoms with Gasteiger partial charge in [-0.25, -0.2) is 0 Å². The molecule has 2 aromatic rings. The molecule has 0 aromatic heterocycles. The van der Waals surface area contributed by atoms with Crippen LogP contribution in [0.5, 0.6) is 11.5 Å². The molecule has 11 heteroatoms. The predicted molar refractivity (Wildman–Crippen MR) is 103 cm³/mol. The number of allylic oxidation sites excluding steroid dienone is 1. The van der Waals surface area contributed by atoms with Crippen LogP contribution in [-0.4, -0.2) is 21.6 Å². The van der Waals surface area contributed by atoms with E-state index in [9.17, 15) is 38.0 Å². The summed E-state index contributed by atoms with van der Waals surface area (Å²) in [5.41, 5.74) is -2.79. The van der Waals surface area contributed by atoms with Gasteiger partial charge in [0.15, 0.2) is 11.6 Å². The molecule has 31 heavy (non-hydrogen) atoms. The van der Waals surface area contributed by atoms with Crippen molar-refractivity contribution >= 4 is 34.6 Å². The molecular weight excluding hydrogens is 443 g/mol. The number of carbonyl (C=O) groups excluding carboxylic acids is 2. The van der Waals surface area contributed by atoms with Crippen LogP contribution in [0.3, 0.4) is 0 Å². The van der Waals surface area contributed by atoms with E-state index in [0.717, 1.165) is 18.2 Å². The molecule has 0 bridgehead atoms. The van der Waals surface area contributed by atoms with E-state index < -0.39 is 61.6 Å². The van der Waals surface area contributed by atoms with Gasteiger partial charge in [-0.05, 0) is 36.8 Å². The van der Waals surface area contributed by atoms with Crippen LogP contribution >= 0.6 is 11.6 Å². The van der Waals surface area contributed by atoms with Crippen LogP contribution < -0.4 is 4.74 Å². The van der Waals surface area contributed by atoms with E-state index in [-0.39, 0.29) is 18.6 Å². The minimum Gasteiger partial charge on any atom is -0.506 e. The molecule has 0 amide bonds. The Labute approximate surface area is 177 Å². The number of alkyl halides is 3. The Morgan fingerprint density at radius 1 is 1.10 bits per heavy atom. The number of hydrogen-bond acceptors (Lipinski definition) is 6. The van der Waals surface area contributed by atoms with E-state index in [0.29, 0.717) is 18.6 Å². The summed E-state index contributed by atoms with van der Waals surface area (Å²) in [5, 5.41) is 21.8. The van der Waals surface area contributed by atoms with Gasteiger partial charge in [-0.1, -0.05) is 17.7 Å². The highest BCUT2D eigenvalue weighted by Crippen LogP contribution is 2.41. The lowest BCUT2D eigenvalue weighted by Gasteiger charge is -2.15. The van der Waals surface area contributed by atoms with E-state index in [4.69, 9.17) is 16.3 Å². The molecule has 1 fully saturated rings. The number of ketones is 2. The molecule has 1 aliphatic carbocycles. The number of aliphatic hydroxyl groups is 1. The number of rotatable bonds is 4. The number of benzene rings is 2. The number of halogens is 4. The highest BCUT2D eigenvalue weighted by atomic mass is 35.5. The molecule has 0 spiro atoms. The number of aliphatic hydroxyl groups excluding tert-OH is 1. The van der Waals surface area contributed by atoms with Crippen molar-refractivity contribution in [2.24, 2.45) is 0 Å². The van der Waals surface area contributed by atoms with E-state index in [2.05, 4.69) is 0 Å². The second-order valence-corrected chi connectivity index (χ2v) is 6.99. The Morgan fingerprint density at radius 3 is 2.29 bits per heavy atom. The smallest absolute Gasteiger partial charge is 0.416 e. The van der Waals surface area contributed by atoms with E-state index >= 15 is 0 Å². The van der Waals surface area contributed by atoms with Crippen LogP contribution in [0, 0.1) is 10.1 Å². The van der Waals surface area contributed by atoms with E-state index in [1.54, 1.807) is 0 Å². The van der Waals surface area contributed by atoms with Crippen molar-refractivity contribution in [2.45, 2.75) is 25.4 Å². The molecule has 0 unspecified atom stereocenters. The number of carbonyl (C=O) groups is 2. The number of para-hydroxylation sites is 1. The third-order valence-corrected chi connectivity index (χ3v) is 4.81. The van der Waals surface area contributed by atoms with Gasteiger partial charge < -0.3 is 9.84 Å². The van der Waals surface area contributed by atoms with Crippen molar-refractivity contribution in [1.29, 1.82) is 0 Å². The molecule has 1 N–H and O–H groups in total. The molecular formula is C20H13ClF3NO6. The molecule has 162 valence electrons. The summed E-state index contributed by atoms with van der Waals surface area (Å²) in [4.78, 5) is 35.0. The number of hydrogen-bond donors (Lipinski definition) is 1. The van der Waals surface area contributed by atoms with Crippen molar-refractivity contribution in [2.75, 3.05) is 0 Å². The zero-order valence-electron chi connectivity index (χ0n) is 15.5. The number of ether oxygens (including phenoxy) is 1. The van der Waals surface area contributed by atoms with Gasteiger partial charge in [0.1, 0.15) is 17.1 Å². The molecule has 0 radical (unpaired) electrons. The first kappa shape index (κ1) is 22.3. The second kappa shape index (κ2) is 8.38. The largest absolute Gasteiger partial charge is 0.506 e. The summed E-state index contributed by atoms with van der Waals surface area (Å²) in [7, 11) is 0. The molecule has 0 heterocycles. The van der Waals surface area contributed by atoms with Gasteiger partial charge in [-0.15, -0.1) is 0 Å². The lowest BCUT2D eigenvalue weighted by molar-refractivity contribution is -0.386. The van der Waals surface area contributed by atoms with E-state index in [1.165, 1.54) is 6.07 Å². The van der Waals surface area contributed by atoms with Crippen molar-refractivity contribution in [3.63, 3.8) is 0 Å². The Balaban J connectivity index is 2.09. The van der Waals surface area contributed by atoms with Crippen LogP contribution in [0.2, 0.25) is 5.02 Å². The predicted octanol–water partition coefficient (Wildman–Crippen LogP) is 5.65. The van der Waals surface area contributed by atoms with Gasteiger partial charge in [0, 0.05) is 12.8 Å². The van der Waals surface area contributed by atoms with Crippen molar-refractivity contribution in [1.82, 2.24) is 0 Å². The van der Waals surface area contributed by atoms with Gasteiger partial charge in [0.25, 0.3) is 0 Å². The molecule has 7 nitrogen and oxygen atoms in total. The van der Waals surface area contributed by atoms with Gasteiger partial charge >= 0.3 is 11.9 Å². The monoisotopic (exact) mass is 455 g/mol. The van der Waals surface area contributed by atoms with Crippen LogP contribution in [0.25, 0.3) is 5.76 Å². The first-order valence-corrected chi connectivity index (χ1v) is 9.20. The number of Topliss-reactive ketones (excluding diaryl/α,β-unsaturated/α-hetero) is 2. The van der Waals surface area contributed by atoms with Gasteiger partial charge in [0.2, 0.25) is 5.75 Å². The third-order valence-electron chi connectivity index (χ3n) is 4.52. The number of nitro groups is 1. The Hall–Kier alpha value is -3.40. The first-order valence-electron chi connectivity index (χ1n) is 8.82. The van der Waals surface area contributed by atoms with Crippen LogP contribution in [0.4, 0.5) is 18.9 Å². The lowest BCUT2D eigenvalue weighted by atomic mass is 9.89. The minimum atomic E-state index is -4.65. The zero-order valence-corrected chi connectivity index (χ0v) is 16.3. The van der Waals surface area contributed by atoms with Gasteiger partial charge in [-0.2, -0.15) is 13.2 Å². The van der Waals surface area contributed by atoms with Gasteiger partial charge in [0.05, 0.1) is 21.1 Å². The number of nitro benzene ring substituents is 1. The average Bonchev–Trinajstić information content (AvgIpc) is 2.68. The van der Waals surface area contributed by atoms with Crippen LogP contribution in [0.1, 0.15) is 30.4 Å². The second-order valence-electron chi connectivity index (χ2n) is 6.58. The fourth-order valence-corrected chi connectivity index (χ4v) is 3.30. The summed E-state index contributed by atoms with van der Waals surface area (Å²) < 4.78 is 43.8. The molecule has 0 aliphatic heterocycles. The third kappa shape index (κ3) is 4.53. The lowest BCUT2D eigenvalue weighted by Crippen LogP contribution is -2.20. The maximum atomic E-state index is 12.8. The van der Waals surface area contributed by atoms with Gasteiger partial charge in [-0.3, -0.25) is 19.7 Å². The fourth-order valence-electron chi connectivity index (χ4n) is 3.08. The molecule has 3 rings (SSSR count). The summed E-state index contributed by atoms with van der Waals surface area (Å²) in [6.45, 7) is 0. The quantitative estimate of drug-likeness (QED) is 0.210. The molecule has 0 saturated heterocycles. The summed E-state index contributed by atoms with van der Waals surface area (Å²) in [5.74, 6) is -2.88. The Kier molecular flexibility index (Phi) is 6.03. The first-order chi connectivity index (χ1) is 14.5. The normalized spacial score (nSPS) is 14.5. The number of nitrogens with zero attached hydrogens (tertiary/aromatic N) is 1. The molecule has 1 saturated carbocycles. The van der Waals surface area contributed by atoms with Crippen molar-refractivity contribution in [3.05, 3.63) is 68.2 Å². The highest BCUT2D eigenvalue weighted by Gasteiger charge is 2.33. The van der Waals surface area contributed by atoms with Crippen molar-refractivity contribution in [3.8, 4) is 11.5 Å². The molecule has 0 atom stereocenters. The Morgan fingerprint density at radius 2 is 1.74 bits per heavy atom. The average molecular weight is 456 g/mol. The standard InChI is InChI=1S/C20H13ClF3NO6/c21-12-9-10(20(22,23)24)7-8-15(12)31-16-6-1-3-11(18(16)25(29)30)19(28)17-13(26)4-2-5-14(17)27/h1,3,6-9,28H,2,4-5H2. The fraction of sp³-hybridized carbons (Fsp3) is 0.200. The summed E-state index contributed by atoms with van der Waals surface area (Å²) >= 11 is 5.84. The van der Waals surface area contributed by atoms with Crippen LogP contribution in [-0.2, 0) is 15.8 Å². The maximum absolute atomic E-state index is 12.8. The van der Waals surface area contributed by atoms with Crippen LogP contribution in [0.15, 0.2) is 42.0 Å². The topological polar surface area (TPSA) is 107 Å². The SMILES string of the molecule is O=C1CCCC(=O)C1=C(O)c1cccc(Oc2ccc(C(F)(F)F)cc2Cl)c1[N+](=O)[O-]. The minimum absolute atomic E-state index is 0.0102. The summed E-state index contributed by atoms with van der Waals surface area (Å²) in [6, 6.07) is 5.70. The molecule has 2 aromatic carbocycles. The van der Waals surface area contributed by atoms with Crippen molar-refractivity contribution < 1.29 is 37.5 Å². The Bertz CT molecular complexity index is 1110. The molecule has 1 aliphatic rings. The summed E-state index contributed by atoms with van der Waals surface area (Å²) in [6.07, 6.45) is -4.32. The highest BCUT2D eigenvalue weighted by molar-refractivity contribution is 6.32. The van der Waals surface area contributed by atoms with E-state index in [1.807, 2.05) is 0 Å². The maximum Gasteiger partial charge on any atom is 0.416 e.